The SMILES string of the molecule is Brc1ccc(Br)c(-n2cncc2C2CNCCO2)c1. The molecule has 2 aromatic rings. The van der Waals surface area contributed by atoms with E-state index in [1.807, 2.05) is 24.7 Å². The molecule has 1 aromatic heterocycles. The molecule has 1 N–H and O–H groups in total. The number of morpholine rings is 1. The molecule has 4 nitrogen and oxygen atoms in total. The van der Waals surface area contributed by atoms with E-state index in [0.717, 1.165) is 40.0 Å². The molecule has 1 fully saturated rings. The molecule has 100 valence electrons. The van der Waals surface area contributed by atoms with Gasteiger partial charge in [-0.2, -0.15) is 0 Å². The quantitative estimate of drug-likeness (QED) is 0.862. The van der Waals surface area contributed by atoms with Crippen LogP contribution in [0.5, 0.6) is 0 Å². The number of ether oxygens (including phenoxy) is 1. The zero-order valence-corrected chi connectivity index (χ0v) is 13.3. The van der Waals surface area contributed by atoms with E-state index in [0.29, 0.717) is 0 Å². The van der Waals surface area contributed by atoms with Crippen LogP contribution in [0.3, 0.4) is 0 Å². The summed E-state index contributed by atoms with van der Waals surface area (Å²) in [4.78, 5) is 4.26. The van der Waals surface area contributed by atoms with Gasteiger partial charge in [0, 0.05) is 22.0 Å². The second-order valence-corrected chi connectivity index (χ2v) is 6.12. The molecule has 1 atom stereocenters. The highest BCUT2D eigenvalue weighted by Gasteiger charge is 2.20. The van der Waals surface area contributed by atoms with Gasteiger partial charge in [-0.25, -0.2) is 4.98 Å². The number of hydrogen-bond donors (Lipinski definition) is 1. The van der Waals surface area contributed by atoms with E-state index in [9.17, 15) is 0 Å². The minimum Gasteiger partial charge on any atom is -0.369 e. The first-order valence-electron chi connectivity index (χ1n) is 6.05. The third-order valence-corrected chi connectivity index (χ3v) is 4.26. The number of halogens is 2. The zero-order valence-electron chi connectivity index (χ0n) is 10.1. The smallest absolute Gasteiger partial charge is 0.112 e. The molecule has 3 rings (SSSR count). The van der Waals surface area contributed by atoms with Gasteiger partial charge >= 0.3 is 0 Å². The van der Waals surface area contributed by atoms with Gasteiger partial charge in [0.25, 0.3) is 0 Å². The Morgan fingerprint density at radius 2 is 2.26 bits per heavy atom. The van der Waals surface area contributed by atoms with E-state index in [1.165, 1.54) is 0 Å². The summed E-state index contributed by atoms with van der Waals surface area (Å²) in [5.41, 5.74) is 2.11. The highest BCUT2D eigenvalue weighted by atomic mass is 79.9. The maximum atomic E-state index is 5.80. The number of benzene rings is 1. The van der Waals surface area contributed by atoms with Gasteiger partial charge in [0.2, 0.25) is 0 Å². The highest BCUT2D eigenvalue weighted by molar-refractivity contribution is 9.11. The van der Waals surface area contributed by atoms with Crippen LogP contribution in [-0.2, 0) is 4.74 Å². The Morgan fingerprint density at radius 1 is 1.37 bits per heavy atom. The summed E-state index contributed by atoms with van der Waals surface area (Å²) < 4.78 is 9.93. The Bertz CT molecular complexity index is 579. The number of aromatic nitrogens is 2. The number of hydrogen-bond acceptors (Lipinski definition) is 3. The third kappa shape index (κ3) is 2.76. The summed E-state index contributed by atoms with van der Waals surface area (Å²) >= 11 is 7.09. The van der Waals surface area contributed by atoms with Gasteiger partial charge in [0.05, 0.1) is 30.5 Å². The lowest BCUT2D eigenvalue weighted by atomic mass is 10.2. The lowest BCUT2D eigenvalue weighted by molar-refractivity contribution is 0.0240. The number of rotatable bonds is 2. The fourth-order valence-corrected chi connectivity index (χ4v) is 2.96. The van der Waals surface area contributed by atoms with Crippen molar-refractivity contribution in [1.29, 1.82) is 0 Å². The number of imidazole rings is 1. The molecule has 0 aliphatic carbocycles. The first kappa shape index (κ1) is 13.3. The van der Waals surface area contributed by atoms with Crippen LogP contribution in [0.4, 0.5) is 0 Å². The molecule has 1 saturated heterocycles. The molecule has 0 radical (unpaired) electrons. The van der Waals surface area contributed by atoms with Crippen molar-refractivity contribution in [2.24, 2.45) is 0 Å². The predicted octanol–water partition coefficient (Wildman–Crippen LogP) is 3.06. The first-order valence-corrected chi connectivity index (χ1v) is 7.64. The molecular weight excluding hydrogens is 374 g/mol. The fourth-order valence-electron chi connectivity index (χ4n) is 2.17. The first-order chi connectivity index (χ1) is 9.25. The molecule has 1 unspecified atom stereocenters. The molecule has 1 aromatic carbocycles. The molecule has 0 amide bonds. The van der Waals surface area contributed by atoms with Crippen LogP contribution in [0.1, 0.15) is 11.8 Å². The highest BCUT2D eigenvalue weighted by Crippen LogP contribution is 2.29. The Kier molecular flexibility index (Phi) is 4.02. The van der Waals surface area contributed by atoms with Crippen LogP contribution in [-0.4, -0.2) is 29.2 Å². The number of nitrogens with one attached hydrogen (secondary N) is 1. The topological polar surface area (TPSA) is 39.1 Å². The molecule has 0 saturated carbocycles. The fraction of sp³-hybridized carbons (Fsp3) is 0.308. The summed E-state index contributed by atoms with van der Waals surface area (Å²) in [7, 11) is 0. The molecule has 1 aliphatic rings. The molecule has 1 aliphatic heterocycles. The van der Waals surface area contributed by atoms with Crippen molar-refractivity contribution >= 4 is 31.9 Å². The van der Waals surface area contributed by atoms with Crippen LogP contribution in [0.25, 0.3) is 5.69 Å². The van der Waals surface area contributed by atoms with E-state index in [-0.39, 0.29) is 6.10 Å². The van der Waals surface area contributed by atoms with Crippen LogP contribution in [0, 0.1) is 0 Å². The van der Waals surface area contributed by atoms with E-state index in [2.05, 4.69) is 52.8 Å². The van der Waals surface area contributed by atoms with Gasteiger partial charge in [-0.15, -0.1) is 0 Å². The third-order valence-electron chi connectivity index (χ3n) is 3.09. The monoisotopic (exact) mass is 385 g/mol. The van der Waals surface area contributed by atoms with E-state index >= 15 is 0 Å². The Balaban J connectivity index is 2.01. The zero-order chi connectivity index (χ0) is 13.2. The van der Waals surface area contributed by atoms with Gasteiger partial charge in [-0.3, -0.25) is 4.57 Å². The van der Waals surface area contributed by atoms with Crippen molar-refractivity contribution in [2.45, 2.75) is 6.10 Å². The molecule has 0 spiro atoms. The van der Waals surface area contributed by atoms with Crippen molar-refractivity contribution < 1.29 is 4.74 Å². The van der Waals surface area contributed by atoms with Gasteiger partial charge in [0.15, 0.2) is 0 Å². The Morgan fingerprint density at radius 3 is 3.05 bits per heavy atom. The summed E-state index contributed by atoms with van der Waals surface area (Å²) in [6.07, 6.45) is 3.73. The number of nitrogens with zero attached hydrogens (tertiary/aromatic N) is 2. The minimum atomic E-state index is 0.0436. The summed E-state index contributed by atoms with van der Waals surface area (Å²) in [6.45, 7) is 2.46. The van der Waals surface area contributed by atoms with Crippen molar-refractivity contribution in [3.63, 3.8) is 0 Å². The van der Waals surface area contributed by atoms with Crippen LogP contribution < -0.4 is 5.32 Å². The summed E-state index contributed by atoms with van der Waals surface area (Å²) in [5.74, 6) is 0. The van der Waals surface area contributed by atoms with Gasteiger partial charge < -0.3 is 10.1 Å². The average molecular weight is 387 g/mol. The van der Waals surface area contributed by atoms with E-state index in [1.54, 1.807) is 0 Å². The van der Waals surface area contributed by atoms with Crippen molar-refractivity contribution in [1.82, 2.24) is 14.9 Å². The Hall–Kier alpha value is -0.690. The average Bonchev–Trinajstić information content (AvgIpc) is 2.91. The summed E-state index contributed by atoms with van der Waals surface area (Å²) in [5, 5.41) is 3.34. The molecule has 19 heavy (non-hydrogen) atoms. The minimum absolute atomic E-state index is 0.0436. The Labute approximate surface area is 128 Å². The van der Waals surface area contributed by atoms with Crippen LogP contribution in [0.15, 0.2) is 39.7 Å². The lowest BCUT2D eigenvalue weighted by Crippen LogP contribution is -2.34. The van der Waals surface area contributed by atoms with Crippen molar-refractivity contribution in [3.8, 4) is 5.69 Å². The second-order valence-electron chi connectivity index (χ2n) is 4.35. The molecular formula is C13H13Br2N3O. The largest absolute Gasteiger partial charge is 0.369 e. The maximum absolute atomic E-state index is 5.80. The molecule has 6 heteroatoms. The molecule has 2 heterocycles. The summed E-state index contributed by atoms with van der Waals surface area (Å²) in [6, 6.07) is 6.08. The van der Waals surface area contributed by atoms with E-state index in [4.69, 9.17) is 4.74 Å². The van der Waals surface area contributed by atoms with Crippen LogP contribution >= 0.6 is 31.9 Å². The lowest BCUT2D eigenvalue weighted by Gasteiger charge is -2.24. The predicted molar refractivity (Wildman–Crippen MR) is 80.5 cm³/mol. The van der Waals surface area contributed by atoms with E-state index < -0.39 is 0 Å². The van der Waals surface area contributed by atoms with Crippen molar-refractivity contribution in [3.05, 3.63) is 45.4 Å². The van der Waals surface area contributed by atoms with Crippen molar-refractivity contribution in [2.75, 3.05) is 19.7 Å². The normalized spacial score (nSPS) is 19.6. The second kappa shape index (κ2) is 5.75. The van der Waals surface area contributed by atoms with Gasteiger partial charge in [-0.1, -0.05) is 15.9 Å². The maximum Gasteiger partial charge on any atom is 0.112 e. The van der Waals surface area contributed by atoms with Gasteiger partial charge in [-0.05, 0) is 34.1 Å². The van der Waals surface area contributed by atoms with Crippen LogP contribution in [0.2, 0.25) is 0 Å². The van der Waals surface area contributed by atoms with Gasteiger partial charge in [0.1, 0.15) is 6.10 Å². The standard InChI is InChI=1S/C13H13Br2N3O/c14-9-1-2-10(15)11(5-9)18-8-17-6-12(18)13-7-16-3-4-19-13/h1-2,5-6,8,13,16H,3-4,7H2. The molecule has 0 bridgehead atoms.